The second kappa shape index (κ2) is 12.6. The molecule has 0 bridgehead atoms. The Hall–Kier alpha value is -4.94. The molecule has 2 aliphatic carbocycles. The Balaban J connectivity index is 1.48. The van der Waals surface area contributed by atoms with Crippen LogP contribution in [-0.2, 0) is 29.0 Å². The van der Waals surface area contributed by atoms with Gasteiger partial charge in [0, 0.05) is 12.1 Å². The average molecular weight is 777 g/mol. The molecule has 0 nitrogen and oxygen atoms in total. The average Bonchev–Trinajstić information content (AvgIpc) is 4.04. The van der Waals surface area contributed by atoms with Crippen LogP contribution in [-0.4, -0.2) is 0 Å². The molecular formula is C49H34P2S2. The largest absolute Gasteiger partial charge is 0.0826 e. The van der Waals surface area contributed by atoms with Gasteiger partial charge in [-0.2, -0.15) is 0 Å². The Kier molecular flexibility index (Phi) is 3.49. The zero-order valence-corrected chi connectivity index (χ0v) is 30.1. The summed E-state index contributed by atoms with van der Waals surface area (Å²) in [6.45, 7) is 0. The van der Waals surface area contributed by atoms with Crippen LogP contribution >= 0.6 is 12.1 Å². The van der Waals surface area contributed by atoms with Crippen LogP contribution in [0.2, 0.25) is 0 Å². The van der Waals surface area contributed by atoms with Crippen molar-refractivity contribution in [2.75, 3.05) is 0 Å². The molecule has 2 aliphatic rings. The minimum Gasteiger partial charge on any atom is -0.0826 e. The molecule has 0 unspecified atom stereocenters. The highest BCUT2D eigenvalue weighted by Gasteiger charge is 2.52. The van der Waals surface area contributed by atoms with Crippen LogP contribution in [0.3, 0.4) is 0 Å². The lowest BCUT2D eigenvalue weighted by molar-refractivity contribution is 0.795. The van der Waals surface area contributed by atoms with E-state index in [1.54, 1.807) is 0 Å². The molecule has 53 heavy (non-hydrogen) atoms. The van der Waals surface area contributed by atoms with Gasteiger partial charge in [0.05, 0.1) is 43.8 Å². The quantitative estimate of drug-likeness (QED) is 0.155. The first-order valence-corrected chi connectivity index (χ1v) is 21.3. The fourth-order valence-corrected chi connectivity index (χ4v) is 13.4. The van der Waals surface area contributed by atoms with Crippen molar-refractivity contribution in [2.45, 2.75) is 5.41 Å². The van der Waals surface area contributed by atoms with Crippen LogP contribution in [0.5, 0.6) is 0 Å². The molecule has 0 radical (unpaired) electrons. The van der Waals surface area contributed by atoms with Crippen molar-refractivity contribution < 1.29 is 38.4 Å². The molecule has 1 spiro atoms. The number of benzene rings is 8. The summed E-state index contributed by atoms with van der Waals surface area (Å²) in [5.41, 5.74) is -4.39. The van der Waals surface area contributed by atoms with Gasteiger partial charge in [0.15, 0.2) is 0 Å². The molecule has 8 aromatic carbocycles. The Morgan fingerprint density at radius 1 is 0.321 bits per heavy atom. The van der Waals surface area contributed by atoms with Crippen molar-refractivity contribution in [1.82, 2.24) is 0 Å². The fraction of sp³-hybridized carbons (Fsp3) is 0.0204. The highest BCUT2D eigenvalue weighted by atomic mass is 32.4. The first-order valence-electron chi connectivity index (χ1n) is 29.7. The lowest BCUT2D eigenvalue weighted by Gasteiger charge is -2.33. The highest BCUT2D eigenvalue weighted by molar-refractivity contribution is 8.26. The third-order valence-electron chi connectivity index (χ3n) is 9.41. The van der Waals surface area contributed by atoms with E-state index >= 15 is 0 Å². The fourth-order valence-electron chi connectivity index (χ4n) is 7.26. The minimum atomic E-state index is -4.73. The van der Waals surface area contributed by atoms with E-state index in [1.807, 2.05) is 0 Å². The van der Waals surface area contributed by atoms with Gasteiger partial charge in [-0.25, -0.2) is 0 Å². The Morgan fingerprint density at radius 2 is 0.623 bits per heavy atom. The van der Waals surface area contributed by atoms with E-state index in [9.17, 15) is 16.4 Å². The monoisotopic (exact) mass is 776 g/mol. The Bertz CT molecular complexity index is 3880. The van der Waals surface area contributed by atoms with Gasteiger partial charge in [-0.3, -0.25) is 0 Å². The van der Waals surface area contributed by atoms with Crippen LogP contribution in [0.15, 0.2) is 206 Å². The van der Waals surface area contributed by atoms with Crippen molar-refractivity contribution in [1.29, 1.82) is 0 Å². The van der Waals surface area contributed by atoms with Crippen LogP contribution < -0.4 is 31.8 Å². The van der Waals surface area contributed by atoms with Crippen molar-refractivity contribution >= 4 is 67.5 Å². The van der Waals surface area contributed by atoms with Crippen LogP contribution in [0.25, 0.3) is 22.3 Å². The third-order valence-corrected chi connectivity index (χ3v) is 18.3. The molecule has 0 N–H and O–H groups in total. The maximum absolute atomic E-state index is 9.83. The smallest absolute Gasteiger partial charge is 0.0726 e. The van der Waals surface area contributed by atoms with Crippen LogP contribution in [0.4, 0.5) is 0 Å². The summed E-state index contributed by atoms with van der Waals surface area (Å²) < 4.78 is 253. The molecule has 0 fully saturated rings. The van der Waals surface area contributed by atoms with Crippen molar-refractivity contribution in [3.05, 3.63) is 228 Å². The lowest BCUT2D eigenvalue weighted by Crippen LogP contribution is -2.30. The predicted molar refractivity (Wildman–Crippen MR) is 235 cm³/mol. The number of rotatable bonds is 6. The number of hydrogen-bond donors (Lipinski definition) is 0. The highest BCUT2D eigenvalue weighted by Crippen LogP contribution is 2.63. The van der Waals surface area contributed by atoms with Gasteiger partial charge in [0.25, 0.3) is 0 Å². The molecule has 8 aromatic rings. The molecule has 0 aliphatic heterocycles. The SMILES string of the molecule is [2H]c1c([2H])c([2H])c(P(=S)(c2ccc3c(c2)C2(c4cc(P(=S)(c5c([2H])c([2H])c([2H])c([2H])c5[2H])c5c([2H])c([2H])c([2H])c([2H])c5[2H])ccc4-3)c3c([2H])c([2H])c([2H])c([2H])c3-c3c([2H])c([2H])c([2H])c([2H])c32)c2c([2H])c([2H])c([2H])c([2H])c2[2H])c([2H])c1[2H]. The van der Waals surface area contributed by atoms with E-state index in [4.69, 9.17) is 45.5 Å². The lowest BCUT2D eigenvalue weighted by atomic mass is 9.70. The minimum absolute atomic E-state index is 0.0847. The first kappa shape index (κ1) is 14.7. The Morgan fingerprint density at radius 3 is 0.962 bits per heavy atom. The first-order chi connectivity index (χ1) is 37.7. The summed E-state index contributed by atoms with van der Waals surface area (Å²) in [5.74, 6) is 0. The van der Waals surface area contributed by atoms with E-state index in [0.717, 1.165) is 0 Å². The van der Waals surface area contributed by atoms with E-state index in [1.165, 1.54) is 36.4 Å². The molecule has 0 aromatic heterocycles. The van der Waals surface area contributed by atoms with E-state index < -0.39 is 230 Å². The van der Waals surface area contributed by atoms with E-state index in [0.29, 0.717) is 0 Å². The molecule has 0 heterocycles. The summed E-state index contributed by atoms with van der Waals surface area (Å²) in [5, 5.41) is -3.18. The van der Waals surface area contributed by atoms with Crippen molar-refractivity contribution in [2.24, 2.45) is 0 Å². The molecule has 0 atom stereocenters. The molecule has 10 rings (SSSR count). The summed E-state index contributed by atoms with van der Waals surface area (Å²) >= 11 is 13.1. The molecule has 0 amide bonds. The van der Waals surface area contributed by atoms with Crippen molar-refractivity contribution in [3.8, 4) is 22.3 Å². The maximum atomic E-state index is 9.83. The zero-order valence-electron chi connectivity index (χ0n) is 54.7. The normalized spacial score (nSPS) is 21.0. The van der Waals surface area contributed by atoms with Gasteiger partial charge in [-0.15, -0.1) is 0 Å². The molecule has 4 heteroatoms. The van der Waals surface area contributed by atoms with Gasteiger partial charge in [-0.1, -0.05) is 217 Å². The van der Waals surface area contributed by atoms with Crippen molar-refractivity contribution in [3.63, 3.8) is 0 Å². The van der Waals surface area contributed by atoms with Gasteiger partial charge >= 0.3 is 0 Å². The standard InChI is InChI=1S/C49H34P2S2/c52-50(35-17-5-1-6-18-35,36-19-7-2-8-20-36)39-29-31-43-44-32-30-40(51(53,37-21-9-3-10-22-37)38-23-11-4-12-24-38)34-48(44)49(47(43)33-39)45-27-15-13-25-41(45)42-26-14-16-28-46(42)49/h1-34H/i1D,2D,3D,4D,5D,6D,7D,8D,9D,10D,11D,12D,13D,14D,15D,16D,17D,18D,19D,20D,21D,22D,23D,24D,25D,26D,27D,28D. The van der Waals surface area contributed by atoms with Gasteiger partial charge in [0.2, 0.25) is 0 Å². The molecule has 252 valence electrons. The number of hydrogen-bond acceptors (Lipinski definition) is 2. The summed E-state index contributed by atoms with van der Waals surface area (Å²) in [4.78, 5) is 0. The maximum Gasteiger partial charge on any atom is 0.0726 e. The van der Waals surface area contributed by atoms with Gasteiger partial charge in [0.1, 0.15) is 0 Å². The van der Waals surface area contributed by atoms with E-state index in [2.05, 4.69) is 0 Å². The predicted octanol–water partition coefficient (Wildman–Crippen LogP) is 9.54. The molecule has 0 saturated heterocycles. The third kappa shape index (κ3) is 4.67. The molecular weight excluding hydrogens is 715 g/mol. The zero-order chi connectivity index (χ0) is 60.0. The summed E-state index contributed by atoms with van der Waals surface area (Å²) in [6.07, 6.45) is 0. The second-order valence-corrected chi connectivity index (χ2v) is 20.4. The Labute approximate surface area is 361 Å². The van der Waals surface area contributed by atoms with Gasteiger partial charge in [-0.05, 0) is 88.5 Å². The number of fused-ring (bicyclic) bond motifs is 10. The second-order valence-electron chi connectivity index (χ2n) is 11.8. The van der Waals surface area contributed by atoms with Gasteiger partial charge < -0.3 is 0 Å². The van der Waals surface area contributed by atoms with Crippen LogP contribution in [0.1, 0.15) is 60.6 Å². The van der Waals surface area contributed by atoms with E-state index in [-0.39, 0.29) is 32.9 Å². The summed E-state index contributed by atoms with van der Waals surface area (Å²) in [6, 6.07) is -26.3. The molecule has 0 saturated carbocycles. The van der Waals surface area contributed by atoms with Crippen LogP contribution in [0, 0.1) is 0 Å². The topological polar surface area (TPSA) is 0 Å². The summed E-state index contributed by atoms with van der Waals surface area (Å²) in [7, 11) is 0.